The van der Waals surface area contributed by atoms with Crippen molar-refractivity contribution in [3.8, 4) is 0 Å². The largest absolute Gasteiger partial charge is 0.324 e. The molecule has 1 rings (SSSR count). The van der Waals surface area contributed by atoms with Crippen molar-refractivity contribution in [3.05, 3.63) is 29.3 Å². The maximum absolute atomic E-state index is 11.9. The number of aryl methyl sites for hydroxylation is 2. The predicted molar refractivity (Wildman–Crippen MR) is 77.4 cm³/mol. The van der Waals surface area contributed by atoms with Crippen LogP contribution in [0, 0.1) is 13.8 Å². The highest BCUT2D eigenvalue weighted by molar-refractivity contribution is 6.17. The van der Waals surface area contributed by atoms with Gasteiger partial charge in [-0.25, -0.2) is 0 Å². The summed E-state index contributed by atoms with van der Waals surface area (Å²) in [5.41, 5.74) is 3.10. The molecule has 0 radical (unpaired) electrons. The van der Waals surface area contributed by atoms with E-state index < -0.39 is 0 Å². The summed E-state index contributed by atoms with van der Waals surface area (Å²) in [7, 11) is 1.93. The number of alkyl halides is 1. The fraction of sp³-hybridized carbons (Fsp3) is 0.500. The summed E-state index contributed by atoms with van der Waals surface area (Å²) in [4.78, 5) is 13.9. The van der Waals surface area contributed by atoms with Crippen molar-refractivity contribution in [3.63, 3.8) is 0 Å². The summed E-state index contributed by atoms with van der Waals surface area (Å²) in [6.07, 6.45) is 0.898. The molecule has 0 saturated heterocycles. The number of anilines is 1. The molecule has 1 aromatic carbocycles. The molecule has 100 valence electrons. The van der Waals surface area contributed by atoms with Gasteiger partial charge in [0.15, 0.2) is 0 Å². The molecule has 0 aromatic heterocycles. The predicted octanol–water partition coefficient (Wildman–Crippen LogP) is 2.80. The number of para-hydroxylation sites is 1. The third-order valence-corrected chi connectivity index (χ3v) is 3.10. The molecule has 1 amide bonds. The zero-order valence-electron chi connectivity index (χ0n) is 11.3. The highest BCUT2D eigenvalue weighted by Crippen LogP contribution is 2.19. The van der Waals surface area contributed by atoms with E-state index in [4.69, 9.17) is 11.6 Å². The van der Waals surface area contributed by atoms with E-state index in [9.17, 15) is 4.79 Å². The molecule has 0 spiro atoms. The first kappa shape index (κ1) is 15.0. The average Bonchev–Trinajstić information content (AvgIpc) is 2.31. The van der Waals surface area contributed by atoms with E-state index in [-0.39, 0.29) is 5.91 Å². The first-order chi connectivity index (χ1) is 8.54. The quantitative estimate of drug-likeness (QED) is 0.805. The highest BCUT2D eigenvalue weighted by Gasteiger charge is 2.09. The van der Waals surface area contributed by atoms with Crippen LogP contribution in [0.2, 0.25) is 0 Å². The van der Waals surface area contributed by atoms with E-state index in [1.54, 1.807) is 0 Å². The maximum atomic E-state index is 11.9. The molecule has 0 aliphatic carbocycles. The van der Waals surface area contributed by atoms with Crippen LogP contribution in [0.5, 0.6) is 0 Å². The van der Waals surface area contributed by atoms with Crippen LogP contribution >= 0.6 is 11.6 Å². The van der Waals surface area contributed by atoms with Crippen molar-refractivity contribution in [1.82, 2.24) is 4.90 Å². The summed E-state index contributed by atoms with van der Waals surface area (Å²) in [6.45, 7) is 5.23. The van der Waals surface area contributed by atoms with Crippen molar-refractivity contribution in [1.29, 1.82) is 0 Å². The maximum Gasteiger partial charge on any atom is 0.238 e. The number of hydrogen-bond acceptors (Lipinski definition) is 2. The number of carbonyl (C=O) groups excluding carboxylic acids is 1. The molecule has 0 aliphatic heterocycles. The second-order valence-electron chi connectivity index (χ2n) is 4.60. The Bertz CT molecular complexity index is 387. The Morgan fingerprint density at radius 2 is 1.94 bits per heavy atom. The minimum Gasteiger partial charge on any atom is -0.324 e. The van der Waals surface area contributed by atoms with E-state index in [1.165, 1.54) is 0 Å². The summed E-state index contributed by atoms with van der Waals surface area (Å²) < 4.78 is 0. The molecular formula is C14H21ClN2O. The van der Waals surface area contributed by atoms with Gasteiger partial charge in [0.05, 0.1) is 6.54 Å². The van der Waals surface area contributed by atoms with Crippen LogP contribution in [-0.4, -0.2) is 36.8 Å². The second-order valence-corrected chi connectivity index (χ2v) is 4.97. The lowest BCUT2D eigenvalue weighted by Gasteiger charge is -2.17. The number of halogens is 1. The number of amides is 1. The zero-order chi connectivity index (χ0) is 13.5. The smallest absolute Gasteiger partial charge is 0.238 e. The van der Waals surface area contributed by atoms with E-state index in [0.717, 1.165) is 29.8 Å². The van der Waals surface area contributed by atoms with E-state index in [0.29, 0.717) is 12.4 Å². The van der Waals surface area contributed by atoms with E-state index in [2.05, 4.69) is 5.32 Å². The van der Waals surface area contributed by atoms with Crippen molar-refractivity contribution in [2.45, 2.75) is 20.3 Å². The Hall–Kier alpha value is -1.06. The average molecular weight is 269 g/mol. The number of hydrogen-bond donors (Lipinski definition) is 1. The highest BCUT2D eigenvalue weighted by atomic mass is 35.5. The summed E-state index contributed by atoms with van der Waals surface area (Å²) in [5, 5.41) is 2.97. The molecule has 4 heteroatoms. The van der Waals surface area contributed by atoms with Gasteiger partial charge in [0.25, 0.3) is 0 Å². The Kier molecular flexibility index (Phi) is 6.16. The van der Waals surface area contributed by atoms with Gasteiger partial charge in [0, 0.05) is 11.6 Å². The lowest BCUT2D eigenvalue weighted by Crippen LogP contribution is -2.31. The molecule has 0 saturated carbocycles. The molecule has 0 unspecified atom stereocenters. The number of rotatable bonds is 6. The van der Waals surface area contributed by atoms with Gasteiger partial charge in [-0.1, -0.05) is 18.2 Å². The first-order valence-electron chi connectivity index (χ1n) is 6.15. The van der Waals surface area contributed by atoms with Crippen LogP contribution in [-0.2, 0) is 4.79 Å². The minimum atomic E-state index is 0.0180. The van der Waals surface area contributed by atoms with Gasteiger partial charge in [0.1, 0.15) is 0 Å². The fourth-order valence-corrected chi connectivity index (χ4v) is 1.96. The minimum absolute atomic E-state index is 0.0180. The van der Waals surface area contributed by atoms with Gasteiger partial charge in [-0.05, 0) is 45.0 Å². The third kappa shape index (κ3) is 4.67. The molecule has 0 bridgehead atoms. The van der Waals surface area contributed by atoms with Crippen LogP contribution in [0.4, 0.5) is 5.69 Å². The molecule has 0 aliphatic rings. The number of benzene rings is 1. The van der Waals surface area contributed by atoms with Gasteiger partial charge >= 0.3 is 0 Å². The van der Waals surface area contributed by atoms with Crippen molar-refractivity contribution >= 4 is 23.2 Å². The van der Waals surface area contributed by atoms with Crippen LogP contribution in [0.25, 0.3) is 0 Å². The standard InChI is InChI=1S/C14H21ClN2O/c1-11-6-4-7-12(2)14(11)16-13(18)10-17(3)9-5-8-15/h4,6-7H,5,8-10H2,1-3H3,(H,16,18). The first-order valence-corrected chi connectivity index (χ1v) is 6.68. The molecular weight excluding hydrogens is 248 g/mol. The third-order valence-electron chi connectivity index (χ3n) is 2.83. The Morgan fingerprint density at radius 1 is 1.33 bits per heavy atom. The molecule has 0 heterocycles. The second kappa shape index (κ2) is 7.39. The molecule has 1 N–H and O–H groups in total. The zero-order valence-corrected chi connectivity index (χ0v) is 12.0. The van der Waals surface area contributed by atoms with E-state index in [1.807, 2.05) is 44.0 Å². The van der Waals surface area contributed by atoms with Crippen LogP contribution in [0.1, 0.15) is 17.5 Å². The van der Waals surface area contributed by atoms with E-state index >= 15 is 0 Å². The van der Waals surface area contributed by atoms with Gasteiger partial charge in [-0.2, -0.15) is 0 Å². The van der Waals surface area contributed by atoms with Crippen LogP contribution in [0.3, 0.4) is 0 Å². The lowest BCUT2D eigenvalue weighted by atomic mass is 10.1. The summed E-state index contributed by atoms with van der Waals surface area (Å²) >= 11 is 5.63. The van der Waals surface area contributed by atoms with Gasteiger partial charge in [0.2, 0.25) is 5.91 Å². The monoisotopic (exact) mass is 268 g/mol. The SMILES string of the molecule is Cc1cccc(C)c1NC(=O)CN(C)CCCCl. The van der Waals surface area contributed by atoms with Crippen molar-refractivity contribution < 1.29 is 4.79 Å². The van der Waals surface area contributed by atoms with Gasteiger partial charge in [-0.3, -0.25) is 9.69 Å². The summed E-state index contributed by atoms with van der Waals surface area (Å²) in [5.74, 6) is 0.646. The Morgan fingerprint density at radius 3 is 2.50 bits per heavy atom. The van der Waals surface area contributed by atoms with Gasteiger partial charge in [-0.15, -0.1) is 11.6 Å². The van der Waals surface area contributed by atoms with Gasteiger partial charge < -0.3 is 5.32 Å². The van der Waals surface area contributed by atoms with Crippen molar-refractivity contribution in [2.75, 3.05) is 31.3 Å². The van der Waals surface area contributed by atoms with Crippen molar-refractivity contribution in [2.24, 2.45) is 0 Å². The number of nitrogens with zero attached hydrogens (tertiary/aromatic N) is 1. The molecule has 0 atom stereocenters. The fourth-order valence-electron chi connectivity index (χ4n) is 1.84. The van der Waals surface area contributed by atoms with Crippen LogP contribution in [0.15, 0.2) is 18.2 Å². The lowest BCUT2D eigenvalue weighted by molar-refractivity contribution is -0.117. The number of carbonyl (C=O) groups is 1. The normalized spacial score (nSPS) is 10.7. The number of likely N-dealkylation sites (N-methyl/N-ethyl adjacent to an activating group) is 1. The molecule has 0 fully saturated rings. The molecule has 18 heavy (non-hydrogen) atoms. The topological polar surface area (TPSA) is 32.3 Å². The van der Waals surface area contributed by atoms with Crippen LogP contribution < -0.4 is 5.32 Å². The molecule has 3 nitrogen and oxygen atoms in total. The summed E-state index contributed by atoms with van der Waals surface area (Å²) in [6, 6.07) is 5.99. The molecule has 1 aromatic rings. The Labute approximate surface area is 114 Å². The number of nitrogens with one attached hydrogen (secondary N) is 1. The Balaban J connectivity index is 2.54.